The van der Waals surface area contributed by atoms with Crippen molar-refractivity contribution in [2.45, 2.75) is 141 Å². The van der Waals surface area contributed by atoms with Gasteiger partial charge in [0, 0.05) is 6.20 Å². The second-order valence-electron chi connectivity index (χ2n) is 15.8. The van der Waals surface area contributed by atoms with Gasteiger partial charge in [-0.2, -0.15) is 9.98 Å². The van der Waals surface area contributed by atoms with E-state index in [-0.39, 0.29) is 26.9 Å². The summed E-state index contributed by atoms with van der Waals surface area (Å²) in [7, 11) is -6.75. The van der Waals surface area contributed by atoms with Crippen LogP contribution in [0.3, 0.4) is 0 Å². The maximum Gasteiger partial charge on any atom is 0.351 e. The molecule has 0 amide bonds. The molecule has 0 aromatic carbocycles. The van der Waals surface area contributed by atoms with Crippen molar-refractivity contribution in [2.75, 3.05) is 6.61 Å². The van der Waals surface area contributed by atoms with Gasteiger partial charge in [-0.05, 0) is 60.5 Å². The van der Waals surface area contributed by atoms with Crippen LogP contribution in [0.15, 0.2) is 22.1 Å². The molecule has 1 aliphatic rings. The third-order valence-corrected chi connectivity index (χ3v) is 23.0. The second kappa shape index (κ2) is 12.0. The molecule has 13 heteroatoms. The molecule has 0 radical (unpaired) electrons. The van der Waals surface area contributed by atoms with Crippen LogP contribution in [0.1, 0.15) is 68.5 Å². The van der Waals surface area contributed by atoms with Crippen molar-refractivity contribution in [1.82, 2.24) is 9.55 Å². The zero-order valence-corrected chi connectivity index (χ0v) is 31.2. The van der Waals surface area contributed by atoms with Crippen molar-refractivity contribution < 1.29 is 18.0 Å². The number of hydrogen-bond donors (Lipinski definition) is 2. The molecule has 1 fully saturated rings. The topological polar surface area (TPSA) is 136 Å². The van der Waals surface area contributed by atoms with E-state index in [2.05, 4.69) is 112 Å². The standard InChI is InChI=1S/C28H57N5O5Si3/c1-26(2,3)39(10,11)35-18-19-21(37-40(12,13)27(4,5)6)22(38-41(14,15)28(7,8)9)23(36-19)33-17-16-20(31-24(29)30)32-25(33)34/h16-17,19,21-23H,18H2,1-15H3,(H4,29,30,31,32,34)/t19-,21+,22+,23-/m1/s1. The van der Waals surface area contributed by atoms with E-state index in [1.54, 1.807) is 12.3 Å². The van der Waals surface area contributed by atoms with Crippen molar-refractivity contribution in [3.8, 4) is 0 Å². The fourth-order valence-corrected chi connectivity index (χ4v) is 7.29. The number of hydrogen-bond acceptors (Lipinski definition) is 7. The monoisotopic (exact) mass is 627 g/mol. The molecule has 1 aromatic heterocycles. The van der Waals surface area contributed by atoms with Gasteiger partial charge in [0.25, 0.3) is 0 Å². The molecule has 4 atom stereocenters. The molecule has 1 saturated heterocycles. The fourth-order valence-electron chi connectivity index (χ4n) is 3.67. The van der Waals surface area contributed by atoms with E-state index in [1.807, 2.05) is 0 Å². The molecule has 0 unspecified atom stereocenters. The molecule has 10 nitrogen and oxygen atoms in total. The first-order chi connectivity index (χ1) is 18.2. The van der Waals surface area contributed by atoms with Crippen LogP contribution in [-0.4, -0.2) is 65.4 Å². The summed E-state index contributed by atoms with van der Waals surface area (Å²) in [5.74, 6) is -0.0328. The van der Waals surface area contributed by atoms with Crippen molar-refractivity contribution in [3.05, 3.63) is 22.7 Å². The van der Waals surface area contributed by atoms with Crippen LogP contribution in [0.2, 0.25) is 54.4 Å². The normalized spacial score (nSPS) is 23.1. The van der Waals surface area contributed by atoms with Crippen LogP contribution < -0.4 is 17.2 Å². The van der Waals surface area contributed by atoms with E-state index in [4.69, 9.17) is 29.5 Å². The van der Waals surface area contributed by atoms with Gasteiger partial charge in [0.05, 0.1) is 6.61 Å². The van der Waals surface area contributed by atoms with Crippen molar-refractivity contribution in [3.63, 3.8) is 0 Å². The number of ether oxygens (including phenoxy) is 1. The van der Waals surface area contributed by atoms with Crippen molar-refractivity contribution in [1.29, 1.82) is 0 Å². The van der Waals surface area contributed by atoms with Gasteiger partial charge in [0.1, 0.15) is 18.3 Å². The van der Waals surface area contributed by atoms with Gasteiger partial charge >= 0.3 is 5.69 Å². The van der Waals surface area contributed by atoms with Gasteiger partial charge in [-0.15, -0.1) is 0 Å². The summed E-state index contributed by atoms with van der Waals surface area (Å²) in [6.45, 7) is 33.6. The van der Waals surface area contributed by atoms with Gasteiger partial charge in [-0.1, -0.05) is 62.3 Å². The quantitative estimate of drug-likeness (QED) is 0.198. The molecular weight excluding hydrogens is 571 g/mol. The molecule has 4 N–H and O–H groups in total. The van der Waals surface area contributed by atoms with Crippen LogP contribution in [0.4, 0.5) is 5.82 Å². The third-order valence-electron chi connectivity index (χ3n) is 9.51. The summed E-state index contributed by atoms with van der Waals surface area (Å²) in [4.78, 5) is 21.4. The Morgan fingerprint density at radius 2 is 1.34 bits per heavy atom. The van der Waals surface area contributed by atoms with Gasteiger partial charge in [0.15, 0.2) is 43.0 Å². The Bertz CT molecular complexity index is 1150. The zero-order valence-electron chi connectivity index (χ0n) is 28.2. The van der Waals surface area contributed by atoms with Gasteiger partial charge < -0.3 is 29.5 Å². The lowest BCUT2D eigenvalue weighted by molar-refractivity contribution is -0.0509. The highest BCUT2D eigenvalue weighted by Crippen LogP contribution is 2.46. The molecule has 236 valence electrons. The molecule has 0 saturated carbocycles. The molecule has 2 heterocycles. The molecule has 1 aliphatic heterocycles. The average molecular weight is 628 g/mol. The number of aliphatic imine (C=N–C) groups is 1. The lowest BCUT2D eigenvalue weighted by Crippen LogP contribution is -2.54. The Morgan fingerprint density at radius 1 is 0.878 bits per heavy atom. The first kappa shape index (κ1) is 35.8. The maximum absolute atomic E-state index is 13.3. The highest BCUT2D eigenvalue weighted by molar-refractivity contribution is 6.75. The summed E-state index contributed by atoms with van der Waals surface area (Å²) in [5, 5.41) is -0.0905. The second-order valence-corrected chi connectivity index (χ2v) is 30.2. The summed E-state index contributed by atoms with van der Waals surface area (Å²) in [5.41, 5.74) is 10.5. The molecule has 41 heavy (non-hydrogen) atoms. The first-order valence-electron chi connectivity index (χ1n) is 14.5. The van der Waals surface area contributed by atoms with Gasteiger partial charge in [-0.25, -0.2) is 4.79 Å². The van der Waals surface area contributed by atoms with Crippen LogP contribution in [0, 0.1) is 0 Å². The van der Waals surface area contributed by atoms with E-state index in [9.17, 15) is 4.79 Å². The predicted molar refractivity (Wildman–Crippen MR) is 175 cm³/mol. The summed E-state index contributed by atoms with van der Waals surface area (Å²) in [6, 6.07) is 1.59. The van der Waals surface area contributed by atoms with Crippen LogP contribution in [0.5, 0.6) is 0 Å². The van der Waals surface area contributed by atoms with E-state index in [0.717, 1.165) is 0 Å². The van der Waals surface area contributed by atoms with E-state index < -0.39 is 55.2 Å². The smallest absolute Gasteiger partial charge is 0.351 e. The summed E-state index contributed by atoms with van der Waals surface area (Å²) < 4.78 is 29.1. The summed E-state index contributed by atoms with van der Waals surface area (Å²) in [6.07, 6.45) is -0.581. The molecule has 0 spiro atoms. The third kappa shape index (κ3) is 8.39. The lowest BCUT2D eigenvalue weighted by atomic mass is 10.1. The Kier molecular flexibility index (Phi) is 10.5. The minimum Gasteiger partial charge on any atom is -0.414 e. The molecule has 0 aliphatic carbocycles. The molecule has 1 aromatic rings. The number of rotatable bonds is 9. The number of aromatic nitrogens is 2. The van der Waals surface area contributed by atoms with Crippen molar-refractivity contribution in [2.24, 2.45) is 16.5 Å². The summed E-state index contributed by atoms with van der Waals surface area (Å²) >= 11 is 0. The highest BCUT2D eigenvalue weighted by atomic mass is 28.4. The zero-order chi connectivity index (χ0) is 32.0. The van der Waals surface area contributed by atoms with Crippen LogP contribution in [0.25, 0.3) is 0 Å². The SMILES string of the molecule is CC(C)(C)[Si](C)(C)OC[C@H]1O[C@@H](n2ccc(N=C(N)N)nc2=O)[C@@H](O[Si](C)(C)C(C)(C)C)[C@H]1O[Si](C)(C)C(C)(C)C. The Labute approximate surface area is 251 Å². The lowest BCUT2D eigenvalue weighted by Gasteiger charge is -2.44. The van der Waals surface area contributed by atoms with E-state index >= 15 is 0 Å². The fraction of sp³-hybridized carbons (Fsp3) is 0.821. The molecule has 0 bridgehead atoms. The highest BCUT2D eigenvalue weighted by Gasteiger charge is 2.55. The molecule has 2 rings (SSSR count). The first-order valence-corrected chi connectivity index (χ1v) is 23.3. The average Bonchev–Trinajstić information content (AvgIpc) is 3.05. The minimum atomic E-state index is -2.34. The number of nitrogens with zero attached hydrogens (tertiary/aromatic N) is 3. The van der Waals surface area contributed by atoms with Gasteiger partial charge in [-0.3, -0.25) is 4.57 Å². The molecular formula is C28H57N5O5Si3. The number of nitrogens with two attached hydrogens (primary N) is 2. The van der Waals surface area contributed by atoms with Crippen LogP contribution in [-0.2, 0) is 18.0 Å². The number of guanidine groups is 1. The minimum absolute atomic E-state index is 0.0277. The Hall–Kier alpha value is -1.36. The van der Waals surface area contributed by atoms with Gasteiger partial charge in [0.2, 0.25) is 0 Å². The Balaban J connectivity index is 2.69. The van der Waals surface area contributed by atoms with E-state index in [1.165, 1.54) is 4.57 Å². The maximum atomic E-state index is 13.3. The largest absolute Gasteiger partial charge is 0.414 e. The van der Waals surface area contributed by atoms with Crippen LogP contribution >= 0.6 is 0 Å². The predicted octanol–water partition coefficient (Wildman–Crippen LogP) is 5.85. The van der Waals surface area contributed by atoms with E-state index in [0.29, 0.717) is 6.61 Å². The Morgan fingerprint density at radius 3 is 1.76 bits per heavy atom. The van der Waals surface area contributed by atoms with Crippen molar-refractivity contribution >= 4 is 36.7 Å².